The Morgan fingerprint density at radius 1 is 1.25 bits per heavy atom. The molecule has 0 N–H and O–H groups in total. The summed E-state index contributed by atoms with van der Waals surface area (Å²) in [7, 11) is 1.63. The Balaban J connectivity index is 1.85. The first-order valence-corrected chi connectivity index (χ1v) is 8.46. The summed E-state index contributed by atoms with van der Waals surface area (Å²) in [6.07, 6.45) is 1.93. The third-order valence-electron chi connectivity index (χ3n) is 3.57. The van der Waals surface area contributed by atoms with Gasteiger partial charge in [0.2, 0.25) is 4.96 Å². The first kappa shape index (κ1) is 15.0. The van der Waals surface area contributed by atoms with Crippen LogP contribution in [0.1, 0.15) is 18.9 Å². The van der Waals surface area contributed by atoms with Crippen molar-refractivity contribution in [2.75, 3.05) is 7.11 Å². The number of imidazole rings is 1. The van der Waals surface area contributed by atoms with Crippen molar-refractivity contribution >= 4 is 27.3 Å². The molecule has 0 saturated heterocycles. The second-order valence-electron chi connectivity index (χ2n) is 5.79. The minimum Gasteiger partial charge on any atom is -0.496 e. The van der Waals surface area contributed by atoms with Gasteiger partial charge in [0, 0.05) is 12.1 Å². The van der Waals surface area contributed by atoms with Gasteiger partial charge < -0.3 is 13.9 Å². The van der Waals surface area contributed by atoms with Crippen LogP contribution in [0.4, 0.5) is 0 Å². The van der Waals surface area contributed by atoms with E-state index in [1.807, 2.05) is 45.2 Å². The molecular formula is C17H17N3O3S. The Morgan fingerprint density at radius 3 is 2.79 bits per heavy atom. The molecule has 24 heavy (non-hydrogen) atoms. The topological polar surface area (TPSA) is 61.8 Å². The van der Waals surface area contributed by atoms with Gasteiger partial charge in [-0.2, -0.15) is 5.10 Å². The van der Waals surface area contributed by atoms with Crippen LogP contribution in [0.3, 0.4) is 0 Å². The maximum Gasteiger partial charge on any atom is 0.212 e. The van der Waals surface area contributed by atoms with E-state index in [1.165, 1.54) is 0 Å². The average molecular weight is 343 g/mol. The fourth-order valence-corrected chi connectivity index (χ4v) is 3.32. The van der Waals surface area contributed by atoms with Gasteiger partial charge in [-0.1, -0.05) is 11.3 Å². The van der Waals surface area contributed by atoms with Crippen molar-refractivity contribution in [1.29, 1.82) is 0 Å². The molecule has 0 aliphatic heterocycles. The van der Waals surface area contributed by atoms with E-state index in [1.54, 1.807) is 23.0 Å². The molecule has 0 unspecified atom stereocenters. The molecule has 0 amide bonds. The summed E-state index contributed by atoms with van der Waals surface area (Å²) in [5.74, 6) is 2.12. The number of aryl methyl sites for hydroxylation is 1. The summed E-state index contributed by atoms with van der Waals surface area (Å²) in [5, 5.41) is 6.26. The van der Waals surface area contributed by atoms with E-state index < -0.39 is 0 Å². The normalized spacial score (nSPS) is 11.7. The van der Waals surface area contributed by atoms with E-state index >= 15 is 0 Å². The fraction of sp³-hybridized carbons (Fsp3) is 0.294. The largest absolute Gasteiger partial charge is 0.496 e. The minimum atomic E-state index is 0.0591. The van der Waals surface area contributed by atoms with Crippen molar-refractivity contribution in [3.8, 4) is 23.0 Å². The van der Waals surface area contributed by atoms with Crippen molar-refractivity contribution < 1.29 is 13.9 Å². The SMILES string of the molecule is COc1cc(OC(C)C)c2cc(-c3cn4nc(C)sc4n3)oc2c1. The summed E-state index contributed by atoms with van der Waals surface area (Å²) in [6, 6.07) is 5.68. The maximum absolute atomic E-state index is 5.99. The highest BCUT2D eigenvalue weighted by Gasteiger charge is 2.16. The quantitative estimate of drug-likeness (QED) is 0.552. The van der Waals surface area contributed by atoms with Gasteiger partial charge in [0.15, 0.2) is 5.76 Å². The molecule has 0 bridgehead atoms. The number of rotatable bonds is 4. The number of benzene rings is 1. The van der Waals surface area contributed by atoms with Crippen LogP contribution in [0.25, 0.3) is 27.4 Å². The number of hydrogen-bond donors (Lipinski definition) is 0. The highest BCUT2D eigenvalue weighted by molar-refractivity contribution is 7.16. The molecule has 0 aliphatic rings. The van der Waals surface area contributed by atoms with E-state index in [9.17, 15) is 0 Å². The summed E-state index contributed by atoms with van der Waals surface area (Å²) < 4.78 is 19.0. The Morgan fingerprint density at radius 2 is 2.08 bits per heavy atom. The molecule has 4 aromatic rings. The number of hydrogen-bond acceptors (Lipinski definition) is 6. The van der Waals surface area contributed by atoms with Crippen molar-refractivity contribution in [2.45, 2.75) is 26.9 Å². The molecule has 7 heteroatoms. The summed E-state index contributed by atoms with van der Waals surface area (Å²) in [4.78, 5) is 5.43. The second-order valence-corrected chi connectivity index (χ2v) is 6.95. The highest BCUT2D eigenvalue weighted by Crippen LogP contribution is 2.37. The predicted octanol–water partition coefficient (Wildman–Crippen LogP) is 4.31. The third kappa shape index (κ3) is 2.50. The Bertz CT molecular complexity index is 997. The number of ether oxygens (including phenoxy) is 2. The molecule has 4 rings (SSSR count). The molecule has 0 fully saturated rings. The van der Waals surface area contributed by atoms with E-state index in [0.29, 0.717) is 17.1 Å². The first-order valence-electron chi connectivity index (χ1n) is 7.65. The van der Waals surface area contributed by atoms with Crippen LogP contribution in [-0.4, -0.2) is 27.8 Å². The van der Waals surface area contributed by atoms with Gasteiger partial charge in [-0.05, 0) is 26.8 Å². The number of methoxy groups -OCH3 is 1. The minimum absolute atomic E-state index is 0.0591. The molecule has 0 aliphatic carbocycles. The lowest BCUT2D eigenvalue weighted by molar-refractivity contribution is 0.244. The molecule has 0 atom stereocenters. The number of aromatic nitrogens is 3. The average Bonchev–Trinajstić information content (AvgIpc) is 3.17. The van der Waals surface area contributed by atoms with E-state index in [4.69, 9.17) is 13.9 Å². The van der Waals surface area contributed by atoms with Crippen molar-refractivity contribution in [3.05, 3.63) is 29.4 Å². The number of furan rings is 1. The molecule has 124 valence electrons. The number of fused-ring (bicyclic) bond motifs is 2. The second kappa shape index (κ2) is 5.52. The molecule has 3 heterocycles. The monoisotopic (exact) mass is 343 g/mol. The van der Waals surface area contributed by atoms with Crippen LogP contribution in [-0.2, 0) is 0 Å². The third-order valence-corrected chi connectivity index (χ3v) is 4.41. The van der Waals surface area contributed by atoms with Crippen molar-refractivity contribution in [3.63, 3.8) is 0 Å². The number of nitrogens with zero attached hydrogens (tertiary/aromatic N) is 3. The van der Waals surface area contributed by atoms with E-state index in [2.05, 4.69) is 10.1 Å². The van der Waals surface area contributed by atoms with Crippen LogP contribution < -0.4 is 9.47 Å². The lowest BCUT2D eigenvalue weighted by Gasteiger charge is -2.11. The zero-order valence-corrected chi connectivity index (χ0v) is 14.7. The van der Waals surface area contributed by atoms with Gasteiger partial charge in [-0.15, -0.1) is 0 Å². The lowest BCUT2D eigenvalue weighted by Crippen LogP contribution is -2.05. The molecular weight excluding hydrogens is 326 g/mol. The van der Waals surface area contributed by atoms with Crippen molar-refractivity contribution in [1.82, 2.24) is 14.6 Å². The lowest BCUT2D eigenvalue weighted by atomic mass is 10.2. The Kier molecular flexibility index (Phi) is 3.45. The molecule has 0 saturated carbocycles. The molecule has 0 radical (unpaired) electrons. The van der Waals surface area contributed by atoms with Crippen LogP contribution in [0, 0.1) is 6.92 Å². The smallest absolute Gasteiger partial charge is 0.212 e. The van der Waals surface area contributed by atoms with Crippen LogP contribution in [0.15, 0.2) is 28.8 Å². The van der Waals surface area contributed by atoms with Gasteiger partial charge in [-0.3, -0.25) is 0 Å². The molecule has 0 spiro atoms. The first-order chi connectivity index (χ1) is 11.5. The molecule has 3 aromatic heterocycles. The van der Waals surface area contributed by atoms with Crippen LogP contribution in [0.2, 0.25) is 0 Å². The van der Waals surface area contributed by atoms with Gasteiger partial charge in [-0.25, -0.2) is 9.50 Å². The van der Waals surface area contributed by atoms with Crippen molar-refractivity contribution in [2.24, 2.45) is 0 Å². The van der Waals surface area contributed by atoms with Gasteiger partial charge in [0.05, 0.1) is 24.8 Å². The summed E-state index contributed by atoms with van der Waals surface area (Å²) >= 11 is 1.55. The Labute approximate surface area is 142 Å². The molecule has 1 aromatic carbocycles. The van der Waals surface area contributed by atoms with E-state index in [-0.39, 0.29) is 6.10 Å². The van der Waals surface area contributed by atoms with Gasteiger partial charge in [0.25, 0.3) is 0 Å². The van der Waals surface area contributed by atoms with Gasteiger partial charge in [0.1, 0.15) is 27.8 Å². The molecule has 6 nitrogen and oxygen atoms in total. The van der Waals surface area contributed by atoms with E-state index in [0.717, 1.165) is 26.8 Å². The Hall–Kier alpha value is -2.54. The predicted molar refractivity (Wildman–Crippen MR) is 93.1 cm³/mol. The van der Waals surface area contributed by atoms with Crippen LogP contribution >= 0.6 is 11.3 Å². The summed E-state index contributed by atoms with van der Waals surface area (Å²) in [5.41, 5.74) is 1.46. The summed E-state index contributed by atoms with van der Waals surface area (Å²) in [6.45, 7) is 5.94. The maximum atomic E-state index is 5.99. The zero-order chi connectivity index (χ0) is 16.8. The fourth-order valence-electron chi connectivity index (χ4n) is 2.60. The van der Waals surface area contributed by atoms with Gasteiger partial charge >= 0.3 is 0 Å². The van der Waals surface area contributed by atoms with Crippen LogP contribution in [0.5, 0.6) is 11.5 Å². The standard InChI is InChI=1S/C17H17N3O3S/c1-9(2)22-14-5-11(21-4)6-15-12(14)7-16(23-15)13-8-20-17(18-13)24-10(3)19-20/h5-9H,1-4H3. The zero-order valence-electron chi connectivity index (χ0n) is 13.9. The highest BCUT2D eigenvalue weighted by atomic mass is 32.1.